The molecular formula is C52H33N5. The molecule has 0 atom stereocenters. The van der Waals surface area contributed by atoms with Crippen LogP contribution in [0.4, 0.5) is 17.1 Å². The van der Waals surface area contributed by atoms with Crippen molar-refractivity contribution in [3.8, 4) is 33.6 Å². The molecule has 11 aromatic rings. The van der Waals surface area contributed by atoms with Gasteiger partial charge in [0.2, 0.25) is 0 Å². The Balaban J connectivity index is 0.981. The van der Waals surface area contributed by atoms with E-state index >= 15 is 0 Å². The SMILES string of the molecule is c1ccc2cc(-c3ccc4c(ccc5cc(N(c6ccc(-c7cc8cccnc8cn7)cc6)c6ccc(-c7cc8cccnc8cn7)cc6)ccc54)c3)ccc2c1. The van der Waals surface area contributed by atoms with Crippen molar-refractivity contribution in [1.29, 1.82) is 0 Å². The highest BCUT2D eigenvalue weighted by Gasteiger charge is 2.16. The van der Waals surface area contributed by atoms with Gasteiger partial charge in [-0.2, -0.15) is 0 Å². The molecule has 0 bridgehead atoms. The van der Waals surface area contributed by atoms with Crippen LogP contribution in [0.3, 0.4) is 0 Å². The van der Waals surface area contributed by atoms with Crippen LogP contribution < -0.4 is 4.90 Å². The number of hydrogen-bond acceptors (Lipinski definition) is 5. The molecule has 0 aliphatic carbocycles. The first-order chi connectivity index (χ1) is 28.2. The van der Waals surface area contributed by atoms with E-state index in [-0.39, 0.29) is 0 Å². The average Bonchev–Trinajstić information content (AvgIpc) is 3.29. The van der Waals surface area contributed by atoms with Gasteiger partial charge < -0.3 is 4.90 Å². The summed E-state index contributed by atoms with van der Waals surface area (Å²) in [7, 11) is 0. The highest BCUT2D eigenvalue weighted by Crippen LogP contribution is 2.40. The summed E-state index contributed by atoms with van der Waals surface area (Å²) in [6, 6.07) is 62.9. The monoisotopic (exact) mass is 727 g/mol. The predicted octanol–water partition coefficient (Wildman–Crippen LogP) is 13.5. The van der Waals surface area contributed by atoms with Gasteiger partial charge in [0.15, 0.2) is 0 Å². The summed E-state index contributed by atoms with van der Waals surface area (Å²) in [5, 5.41) is 9.50. The molecular weight excluding hydrogens is 695 g/mol. The zero-order valence-corrected chi connectivity index (χ0v) is 30.8. The fourth-order valence-corrected chi connectivity index (χ4v) is 8.02. The molecule has 0 saturated heterocycles. The number of pyridine rings is 4. The van der Waals surface area contributed by atoms with Crippen molar-refractivity contribution in [2.45, 2.75) is 0 Å². The molecule has 5 nitrogen and oxygen atoms in total. The van der Waals surface area contributed by atoms with Crippen LogP contribution in [0.25, 0.3) is 87.8 Å². The second kappa shape index (κ2) is 13.5. The predicted molar refractivity (Wildman–Crippen MR) is 236 cm³/mol. The van der Waals surface area contributed by atoms with E-state index < -0.39 is 0 Å². The van der Waals surface area contributed by atoms with Crippen molar-refractivity contribution in [1.82, 2.24) is 19.9 Å². The van der Waals surface area contributed by atoms with Crippen molar-refractivity contribution >= 4 is 71.2 Å². The summed E-state index contributed by atoms with van der Waals surface area (Å²) < 4.78 is 0. The summed E-state index contributed by atoms with van der Waals surface area (Å²) in [6.07, 6.45) is 7.29. The minimum atomic E-state index is 0.887. The second-order valence-electron chi connectivity index (χ2n) is 14.4. The summed E-state index contributed by atoms with van der Waals surface area (Å²) in [4.78, 5) is 20.7. The standard InChI is InChI=1S/C52H33N5/c1-2-6-37-27-38(10-9-34(37)5-1)39-17-23-47-40(28-39)11-12-41-29-46(22-24-48(41)47)57(44-18-13-35(14-19-44)49-30-42-7-3-25-53-51(42)32-55-49)45-20-15-36(16-21-45)50-31-43-8-4-26-54-52(43)33-56-50/h1-33H. The Morgan fingerprint density at radius 2 is 0.754 bits per heavy atom. The van der Waals surface area contributed by atoms with E-state index in [1.165, 1.54) is 43.4 Å². The number of rotatable bonds is 6. The molecule has 11 rings (SSSR count). The maximum Gasteiger partial charge on any atom is 0.0885 e. The first-order valence-electron chi connectivity index (χ1n) is 19.1. The molecule has 7 aromatic carbocycles. The largest absolute Gasteiger partial charge is 0.310 e. The van der Waals surface area contributed by atoms with Gasteiger partial charge in [-0.05, 0) is 116 Å². The molecule has 4 aromatic heterocycles. The maximum atomic E-state index is 4.73. The minimum absolute atomic E-state index is 0.887. The van der Waals surface area contributed by atoms with Gasteiger partial charge in [0.25, 0.3) is 0 Å². The van der Waals surface area contributed by atoms with Gasteiger partial charge in [-0.25, -0.2) is 0 Å². The van der Waals surface area contributed by atoms with Gasteiger partial charge in [0, 0.05) is 51.4 Å². The zero-order chi connectivity index (χ0) is 37.7. The van der Waals surface area contributed by atoms with Crippen LogP contribution >= 0.6 is 0 Å². The Hall–Kier alpha value is -7.76. The van der Waals surface area contributed by atoms with Gasteiger partial charge in [0.05, 0.1) is 34.8 Å². The van der Waals surface area contributed by atoms with Gasteiger partial charge in [-0.15, -0.1) is 0 Å². The lowest BCUT2D eigenvalue weighted by molar-refractivity contribution is 1.27. The third-order valence-electron chi connectivity index (χ3n) is 11.0. The smallest absolute Gasteiger partial charge is 0.0885 e. The first-order valence-corrected chi connectivity index (χ1v) is 19.1. The Morgan fingerprint density at radius 1 is 0.298 bits per heavy atom. The third-order valence-corrected chi connectivity index (χ3v) is 11.0. The van der Waals surface area contributed by atoms with Crippen LogP contribution in [-0.4, -0.2) is 19.9 Å². The molecule has 0 aliphatic rings. The van der Waals surface area contributed by atoms with Crippen LogP contribution in [0.15, 0.2) is 201 Å². The highest BCUT2D eigenvalue weighted by atomic mass is 15.1. The van der Waals surface area contributed by atoms with Crippen molar-refractivity contribution < 1.29 is 0 Å². The van der Waals surface area contributed by atoms with E-state index in [2.05, 4.69) is 179 Å². The Labute approximate surface area is 329 Å². The minimum Gasteiger partial charge on any atom is -0.310 e. The Kier molecular flexibility index (Phi) is 7.74. The van der Waals surface area contributed by atoms with E-state index in [9.17, 15) is 0 Å². The number of anilines is 3. The molecule has 0 aliphatic heterocycles. The molecule has 0 fully saturated rings. The Morgan fingerprint density at radius 3 is 1.37 bits per heavy atom. The molecule has 266 valence electrons. The Bertz CT molecular complexity index is 3180. The lowest BCUT2D eigenvalue weighted by Crippen LogP contribution is -2.10. The third kappa shape index (κ3) is 5.99. The molecule has 0 spiro atoms. The van der Waals surface area contributed by atoms with Crippen molar-refractivity contribution in [3.05, 3.63) is 201 Å². The summed E-state index contributed by atoms with van der Waals surface area (Å²) in [5.74, 6) is 0. The van der Waals surface area contributed by atoms with Crippen LogP contribution in [0.5, 0.6) is 0 Å². The summed E-state index contributed by atoms with van der Waals surface area (Å²) in [5.41, 5.74) is 11.3. The van der Waals surface area contributed by atoms with Gasteiger partial charge >= 0.3 is 0 Å². The van der Waals surface area contributed by atoms with Crippen molar-refractivity contribution in [2.24, 2.45) is 0 Å². The summed E-state index contributed by atoms with van der Waals surface area (Å²) in [6.45, 7) is 0. The topological polar surface area (TPSA) is 54.8 Å². The number of aromatic nitrogens is 4. The fraction of sp³-hybridized carbons (Fsp3) is 0. The van der Waals surface area contributed by atoms with E-state index in [0.29, 0.717) is 0 Å². The molecule has 0 unspecified atom stereocenters. The molecule has 5 heteroatoms. The number of benzene rings is 7. The first kappa shape index (κ1) is 32.7. The van der Waals surface area contributed by atoms with Crippen molar-refractivity contribution in [2.75, 3.05) is 4.90 Å². The van der Waals surface area contributed by atoms with E-state index in [1.807, 2.05) is 24.5 Å². The normalized spacial score (nSPS) is 11.5. The van der Waals surface area contributed by atoms with Crippen LogP contribution in [-0.2, 0) is 0 Å². The molecule has 0 radical (unpaired) electrons. The van der Waals surface area contributed by atoms with Crippen LogP contribution in [0.2, 0.25) is 0 Å². The molecule has 0 saturated carbocycles. The summed E-state index contributed by atoms with van der Waals surface area (Å²) >= 11 is 0. The number of hydrogen-bond donors (Lipinski definition) is 0. The zero-order valence-electron chi connectivity index (χ0n) is 30.8. The molecule has 57 heavy (non-hydrogen) atoms. The average molecular weight is 728 g/mol. The lowest BCUT2D eigenvalue weighted by atomic mass is 9.96. The van der Waals surface area contributed by atoms with E-state index in [1.54, 1.807) is 12.4 Å². The quantitative estimate of drug-likeness (QED) is 0.160. The van der Waals surface area contributed by atoms with Gasteiger partial charge in [-0.1, -0.05) is 103 Å². The van der Waals surface area contributed by atoms with E-state index in [4.69, 9.17) is 9.97 Å². The number of fused-ring (bicyclic) bond motifs is 6. The van der Waals surface area contributed by atoms with Crippen molar-refractivity contribution in [3.63, 3.8) is 0 Å². The highest BCUT2D eigenvalue weighted by molar-refractivity contribution is 6.09. The molecule has 0 amide bonds. The maximum absolute atomic E-state index is 4.73. The van der Waals surface area contributed by atoms with E-state index in [0.717, 1.165) is 61.4 Å². The van der Waals surface area contributed by atoms with Gasteiger partial charge in [-0.3, -0.25) is 19.9 Å². The van der Waals surface area contributed by atoms with Crippen LogP contribution in [0, 0.1) is 0 Å². The fourth-order valence-electron chi connectivity index (χ4n) is 8.02. The molecule has 0 N–H and O–H groups in total. The van der Waals surface area contributed by atoms with Crippen LogP contribution in [0.1, 0.15) is 0 Å². The number of nitrogens with zero attached hydrogens (tertiary/aromatic N) is 5. The van der Waals surface area contributed by atoms with Gasteiger partial charge in [0.1, 0.15) is 0 Å². The molecule has 4 heterocycles. The second-order valence-corrected chi connectivity index (χ2v) is 14.4. The lowest BCUT2D eigenvalue weighted by Gasteiger charge is -2.26.